The van der Waals surface area contributed by atoms with Crippen molar-refractivity contribution in [3.8, 4) is 5.75 Å². The van der Waals surface area contributed by atoms with Crippen LogP contribution < -0.4 is 0 Å². The van der Waals surface area contributed by atoms with Gasteiger partial charge in [0.05, 0.1) is 0 Å². The van der Waals surface area contributed by atoms with Crippen LogP contribution in [0.5, 0.6) is 5.75 Å². The van der Waals surface area contributed by atoms with Crippen LogP contribution in [0.3, 0.4) is 0 Å². The number of allylic oxidation sites excluding steroid dienone is 2. The molecule has 76 valence electrons. The lowest BCUT2D eigenvalue weighted by molar-refractivity contribution is 0.474. The Bertz CT molecular complexity index is 331. The van der Waals surface area contributed by atoms with Gasteiger partial charge < -0.3 is 5.11 Å². The minimum absolute atomic E-state index is 0.0441. The molecule has 0 atom stereocenters. The predicted molar refractivity (Wildman–Crippen MR) is 60.6 cm³/mol. The molecule has 0 fully saturated rings. The standard InChI is InChI=1S/C13H18O/c1-5-10(2)13(3,4)11-6-8-12(14)9-7-11/h5-9,14H,1-4H3/b10-5+. The van der Waals surface area contributed by atoms with Gasteiger partial charge in [0.25, 0.3) is 0 Å². The molecule has 0 unspecified atom stereocenters. The van der Waals surface area contributed by atoms with Gasteiger partial charge in [-0.25, -0.2) is 0 Å². The molecular formula is C13H18O. The van der Waals surface area contributed by atoms with Crippen LogP contribution in [0.4, 0.5) is 0 Å². The van der Waals surface area contributed by atoms with Crippen molar-refractivity contribution < 1.29 is 5.11 Å². The minimum Gasteiger partial charge on any atom is -0.508 e. The zero-order chi connectivity index (χ0) is 10.8. The number of phenols is 1. The summed E-state index contributed by atoms with van der Waals surface area (Å²) in [5.41, 5.74) is 2.61. The van der Waals surface area contributed by atoms with E-state index in [0.29, 0.717) is 5.75 Å². The van der Waals surface area contributed by atoms with Crippen LogP contribution in [0.15, 0.2) is 35.9 Å². The van der Waals surface area contributed by atoms with Gasteiger partial charge in [0.15, 0.2) is 0 Å². The summed E-state index contributed by atoms with van der Waals surface area (Å²) in [5, 5.41) is 9.20. The summed E-state index contributed by atoms with van der Waals surface area (Å²) in [7, 11) is 0. The molecule has 0 aliphatic heterocycles. The Morgan fingerprint density at radius 2 is 1.71 bits per heavy atom. The molecule has 0 heterocycles. The van der Waals surface area contributed by atoms with Crippen molar-refractivity contribution >= 4 is 0 Å². The Morgan fingerprint density at radius 3 is 2.14 bits per heavy atom. The molecule has 1 rings (SSSR count). The zero-order valence-electron chi connectivity index (χ0n) is 9.33. The van der Waals surface area contributed by atoms with Gasteiger partial charge in [0.2, 0.25) is 0 Å². The van der Waals surface area contributed by atoms with Crippen molar-refractivity contribution in [2.24, 2.45) is 0 Å². The highest BCUT2D eigenvalue weighted by Crippen LogP contribution is 2.31. The summed E-state index contributed by atoms with van der Waals surface area (Å²) in [6, 6.07) is 7.42. The maximum atomic E-state index is 9.20. The highest BCUT2D eigenvalue weighted by molar-refractivity contribution is 5.36. The molecule has 0 amide bonds. The van der Waals surface area contributed by atoms with Gasteiger partial charge in [-0.1, -0.05) is 37.6 Å². The molecule has 1 heteroatoms. The van der Waals surface area contributed by atoms with E-state index in [9.17, 15) is 5.11 Å². The lowest BCUT2D eigenvalue weighted by Crippen LogP contribution is -2.18. The summed E-state index contributed by atoms with van der Waals surface area (Å²) in [6.45, 7) is 8.56. The van der Waals surface area contributed by atoms with Gasteiger partial charge in [-0.3, -0.25) is 0 Å². The van der Waals surface area contributed by atoms with Crippen LogP contribution in [-0.4, -0.2) is 5.11 Å². The molecule has 1 N–H and O–H groups in total. The van der Waals surface area contributed by atoms with Gasteiger partial charge in [-0.05, 0) is 31.5 Å². The smallest absolute Gasteiger partial charge is 0.115 e. The Balaban J connectivity index is 3.10. The second-order valence-electron chi connectivity index (χ2n) is 4.14. The number of phenolic OH excluding ortho intramolecular Hbond substituents is 1. The van der Waals surface area contributed by atoms with Crippen LogP contribution in [0.2, 0.25) is 0 Å². The van der Waals surface area contributed by atoms with Gasteiger partial charge in [0.1, 0.15) is 5.75 Å². The fourth-order valence-electron chi connectivity index (χ4n) is 1.47. The monoisotopic (exact) mass is 190 g/mol. The second-order valence-corrected chi connectivity index (χ2v) is 4.14. The average molecular weight is 190 g/mol. The molecule has 1 aromatic rings. The number of hydrogen-bond acceptors (Lipinski definition) is 1. The van der Waals surface area contributed by atoms with Gasteiger partial charge >= 0.3 is 0 Å². The molecule has 14 heavy (non-hydrogen) atoms. The molecular weight excluding hydrogens is 172 g/mol. The molecule has 0 bridgehead atoms. The van der Waals surface area contributed by atoms with E-state index < -0.39 is 0 Å². The van der Waals surface area contributed by atoms with E-state index in [1.807, 2.05) is 12.1 Å². The Labute approximate surface area is 86.1 Å². The van der Waals surface area contributed by atoms with Crippen molar-refractivity contribution in [3.63, 3.8) is 0 Å². The van der Waals surface area contributed by atoms with E-state index in [-0.39, 0.29) is 5.41 Å². The second kappa shape index (κ2) is 3.87. The lowest BCUT2D eigenvalue weighted by Gasteiger charge is -2.26. The number of hydrogen-bond donors (Lipinski definition) is 1. The van der Waals surface area contributed by atoms with Crippen molar-refractivity contribution in [1.29, 1.82) is 0 Å². The average Bonchev–Trinajstić information content (AvgIpc) is 2.17. The quantitative estimate of drug-likeness (QED) is 0.706. The van der Waals surface area contributed by atoms with E-state index in [2.05, 4.69) is 33.8 Å². The largest absolute Gasteiger partial charge is 0.508 e. The normalized spacial score (nSPS) is 13.0. The fraction of sp³-hybridized carbons (Fsp3) is 0.385. The Hall–Kier alpha value is -1.24. The van der Waals surface area contributed by atoms with Crippen LogP contribution in [0.25, 0.3) is 0 Å². The first kappa shape index (κ1) is 10.8. The van der Waals surface area contributed by atoms with Crippen LogP contribution >= 0.6 is 0 Å². The molecule has 0 saturated carbocycles. The Morgan fingerprint density at radius 1 is 1.21 bits per heavy atom. The molecule has 0 saturated heterocycles. The maximum Gasteiger partial charge on any atom is 0.115 e. The van der Waals surface area contributed by atoms with Crippen molar-refractivity contribution in [2.45, 2.75) is 33.1 Å². The summed E-state index contributed by atoms with van der Waals surface area (Å²) < 4.78 is 0. The first-order valence-electron chi connectivity index (χ1n) is 4.91. The molecule has 0 aromatic heterocycles. The molecule has 1 nitrogen and oxygen atoms in total. The van der Waals surface area contributed by atoms with Gasteiger partial charge in [0, 0.05) is 5.41 Å². The molecule has 0 spiro atoms. The van der Waals surface area contributed by atoms with Crippen LogP contribution in [0, 0.1) is 0 Å². The van der Waals surface area contributed by atoms with E-state index >= 15 is 0 Å². The van der Waals surface area contributed by atoms with Gasteiger partial charge in [-0.2, -0.15) is 0 Å². The van der Waals surface area contributed by atoms with Crippen LogP contribution in [0.1, 0.15) is 33.3 Å². The third-order valence-corrected chi connectivity index (χ3v) is 3.01. The van der Waals surface area contributed by atoms with E-state index in [4.69, 9.17) is 0 Å². The van der Waals surface area contributed by atoms with Crippen molar-refractivity contribution in [3.05, 3.63) is 41.5 Å². The first-order valence-corrected chi connectivity index (χ1v) is 4.91. The van der Waals surface area contributed by atoms with Crippen molar-refractivity contribution in [2.75, 3.05) is 0 Å². The highest BCUT2D eigenvalue weighted by Gasteiger charge is 2.21. The minimum atomic E-state index is 0.0441. The summed E-state index contributed by atoms with van der Waals surface area (Å²) >= 11 is 0. The van der Waals surface area contributed by atoms with Crippen LogP contribution in [-0.2, 0) is 5.41 Å². The topological polar surface area (TPSA) is 20.2 Å². The lowest BCUT2D eigenvalue weighted by atomic mass is 9.78. The SMILES string of the molecule is C/C=C(\C)C(C)(C)c1ccc(O)cc1. The fourth-order valence-corrected chi connectivity index (χ4v) is 1.47. The summed E-state index contributed by atoms with van der Waals surface area (Å²) in [4.78, 5) is 0. The molecule has 1 aromatic carbocycles. The van der Waals surface area contributed by atoms with Gasteiger partial charge in [-0.15, -0.1) is 0 Å². The maximum absolute atomic E-state index is 9.20. The first-order chi connectivity index (χ1) is 6.48. The summed E-state index contributed by atoms with van der Waals surface area (Å²) in [6.07, 6.45) is 2.13. The third-order valence-electron chi connectivity index (χ3n) is 3.01. The highest BCUT2D eigenvalue weighted by atomic mass is 16.3. The zero-order valence-corrected chi connectivity index (χ0v) is 9.33. The van der Waals surface area contributed by atoms with E-state index in [1.54, 1.807) is 12.1 Å². The Kier molecular flexibility index (Phi) is 3.00. The van der Waals surface area contributed by atoms with E-state index in [0.717, 1.165) is 0 Å². The number of aromatic hydroxyl groups is 1. The predicted octanol–water partition coefficient (Wildman–Crippen LogP) is 3.64. The summed E-state index contributed by atoms with van der Waals surface area (Å²) in [5.74, 6) is 0.322. The van der Waals surface area contributed by atoms with E-state index in [1.165, 1.54) is 11.1 Å². The number of benzene rings is 1. The third kappa shape index (κ3) is 1.98. The molecule has 0 aliphatic carbocycles. The van der Waals surface area contributed by atoms with Crippen molar-refractivity contribution in [1.82, 2.24) is 0 Å². The molecule has 0 aliphatic rings. The molecule has 0 radical (unpaired) electrons. The number of rotatable bonds is 2.